The molecular formula is C27H27N5O4. The summed E-state index contributed by atoms with van der Waals surface area (Å²) in [5, 5.41) is 20.1. The molecule has 0 fully saturated rings. The number of fused-ring (bicyclic) bond motifs is 1. The molecule has 2 aromatic heterocycles. The highest BCUT2D eigenvalue weighted by atomic mass is 16.6. The standard InChI is InChI=1S/C27H27N5O4/c1-18(2)34-13-14-35-27(33)31-24-17-32-26(19(24)3)25(20(15-28)16-29-32)30-21-9-11-23(12-10-21)36-22-7-5-4-6-8-22/h4-12,16-18,30H,13-14H2,1-3H3,(H,31,33). The Morgan fingerprint density at radius 3 is 2.50 bits per heavy atom. The number of nitrogens with zero attached hydrogens (tertiary/aromatic N) is 3. The zero-order valence-corrected chi connectivity index (χ0v) is 20.3. The molecule has 0 saturated heterocycles. The molecule has 4 rings (SSSR count). The number of hydrogen-bond donors (Lipinski definition) is 2. The molecule has 1 amide bonds. The van der Waals surface area contributed by atoms with Crippen molar-refractivity contribution in [1.29, 1.82) is 5.26 Å². The van der Waals surface area contributed by atoms with Crippen LogP contribution in [0, 0.1) is 18.3 Å². The van der Waals surface area contributed by atoms with Gasteiger partial charge in [-0.3, -0.25) is 5.32 Å². The highest BCUT2D eigenvalue weighted by Crippen LogP contribution is 2.33. The maximum absolute atomic E-state index is 12.2. The highest BCUT2D eigenvalue weighted by molar-refractivity contribution is 5.92. The molecule has 36 heavy (non-hydrogen) atoms. The Morgan fingerprint density at radius 2 is 1.81 bits per heavy atom. The van der Waals surface area contributed by atoms with Crippen molar-refractivity contribution in [3.8, 4) is 17.6 Å². The number of para-hydroxylation sites is 1. The van der Waals surface area contributed by atoms with E-state index in [2.05, 4.69) is 21.8 Å². The van der Waals surface area contributed by atoms with Crippen molar-refractivity contribution < 1.29 is 19.0 Å². The van der Waals surface area contributed by atoms with Gasteiger partial charge in [-0.25, -0.2) is 9.31 Å². The second kappa shape index (κ2) is 11.3. The van der Waals surface area contributed by atoms with Crippen LogP contribution in [-0.4, -0.2) is 35.0 Å². The first-order valence-corrected chi connectivity index (χ1v) is 11.5. The quantitative estimate of drug-likeness (QED) is 0.279. The lowest BCUT2D eigenvalue weighted by Gasteiger charge is -2.12. The van der Waals surface area contributed by atoms with Crippen LogP contribution in [-0.2, 0) is 9.47 Å². The first kappa shape index (κ1) is 24.6. The molecule has 0 atom stereocenters. The summed E-state index contributed by atoms with van der Waals surface area (Å²) in [5.74, 6) is 1.44. The normalized spacial score (nSPS) is 10.8. The summed E-state index contributed by atoms with van der Waals surface area (Å²) in [4.78, 5) is 12.2. The van der Waals surface area contributed by atoms with Crippen molar-refractivity contribution in [1.82, 2.24) is 9.61 Å². The fourth-order valence-corrected chi connectivity index (χ4v) is 3.57. The Balaban J connectivity index is 1.52. The highest BCUT2D eigenvalue weighted by Gasteiger charge is 2.17. The number of nitrogens with one attached hydrogen (secondary N) is 2. The van der Waals surface area contributed by atoms with E-state index in [0.29, 0.717) is 34.8 Å². The molecular weight excluding hydrogens is 458 g/mol. The predicted octanol–water partition coefficient (Wildman–Crippen LogP) is 6.02. The molecule has 2 heterocycles. The largest absolute Gasteiger partial charge is 0.457 e. The van der Waals surface area contributed by atoms with E-state index in [1.54, 1.807) is 10.7 Å². The smallest absolute Gasteiger partial charge is 0.411 e. The van der Waals surface area contributed by atoms with Gasteiger partial charge in [0, 0.05) is 11.3 Å². The second-order valence-corrected chi connectivity index (χ2v) is 8.25. The van der Waals surface area contributed by atoms with Crippen molar-refractivity contribution in [2.24, 2.45) is 0 Å². The topological polar surface area (TPSA) is 110 Å². The molecule has 2 aromatic carbocycles. The fraction of sp³-hybridized carbons (Fsp3) is 0.222. The lowest BCUT2D eigenvalue weighted by Crippen LogP contribution is -2.18. The Kier molecular flexibility index (Phi) is 7.68. The molecule has 9 heteroatoms. The van der Waals surface area contributed by atoms with Crippen LogP contribution in [0.1, 0.15) is 25.0 Å². The van der Waals surface area contributed by atoms with Crippen LogP contribution in [0.4, 0.5) is 21.9 Å². The molecule has 0 saturated carbocycles. The van der Waals surface area contributed by atoms with Crippen LogP contribution in [0.3, 0.4) is 0 Å². The van der Waals surface area contributed by atoms with E-state index in [0.717, 1.165) is 17.0 Å². The fourth-order valence-electron chi connectivity index (χ4n) is 3.57. The number of ether oxygens (including phenoxy) is 3. The lowest BCUT2D eigenvalue weighted by molar-refractivity contribution is 0.0427. The third-order valence-electron chi connectivity index (χ3n) is 5.28. The van der Waals surface area contributed by atoms with Crippen LogP contribution in [0.25, 0.3) is 5.52 Å². The monoisotopic (exact) mass is 485 g/mol. The molecule has 0 aliphatic heterocycles. The number of aromatic nitrogens is 2. The van der Waals surface area contributed by atoms with Crippen LogP contribution < -0.4 is 15.4 Å². The minimum absolute atomic E-state index is 0.0644. The van der Waals surface area contributed by atoms with Crippen LogP contribution in [0.2, 0.25) is 0 Å². The van der Waals surface area contributed by atoms with Crippen molar-refractivity contribution in [2.45, 2.75) is 26.9 Å². The molecule has 0 aliphatic carbocycles. The van der Waals surface area contributed by atoms with Gasteiger partial charge in [0.25, 0.3) is 0 Å². The van der Waals surface area contributed by atoms with E-state index < -0.39 is 6.09 Å². The number of hydrogen-bond acceptors (Lipinski definition) is 7. The molecule has 0 spiro atoms. The molecule has 4 aromatic rings. The van der Waals surface area contributed by atoms with Gasteiger partial charge in [0.15, 0.2) is 0 Å². The molecule has 0 unspecified atom stereocenters. The van der Waals surface area contributed by atoms with E-state index in [1.165, 1.54) is 6.20 Å². The summed E-state index contributed by atoms with van der Waals surface area (Å²) in [6, 6.07) is 19.1. The first-order valence-electron chi connectivity index (χ1n) is 11.5. The minimum atomic E-state index is -0.592. The van der Waals surface area contributed by atoms with Crippen molar-refractivity contribution in [3.05, 3.63) is 78.1 Å². The number of amides is 1. The Morgan fingerprint density at radius 1 is 1.08 bits per heavy atom. The summed E-state index contributed by atoms with van der Waals surface area (Å²) < 4.78 is 18.0. The summed E-state index contributed by atoms with van der Waals surface area (Å²) in [5.41, 5.74) is 3.64. The number of nitriles is 1. The number of carbonyl (C=O) groups excluding carboxylic acids is 1. The molecule has 0 bridgehead atoms. The van der Waals surface area contributed by atoms with Crippen molar-refractivity contribution in [3.63, 3.8) is 0 Å². The maximum Gasteiger partial charge on any atom is 0.411 e. The maximum atomic E-state index is 12.2. The van der Waals surface area contributed by atoms with Gasteiger partial charge in [0.1, 0.15) is 24.2 Å². The average molecular weight is 486 g/mol. The van der Waals surface area contributed by atoms with Crippen LogP contribution in [0.5, 0.6) is 11.5 Å². The Bertz CT molecular complexity index is 1380. The summed E-state index contributed by atoms with van der Waals surface area (Å²) in [6.45, 7) is 6.13. The number of benzene rings is 2. The van der Waals surface area contributed by atoms with Gasteiger partial charge in [0.05, 0.1) is 47.6 Å². The number of anilines is 3. The minimum Gasteiger partial charge on any atom is -0.457 e. The number of rotatable bonds is 9. The van der Waals surface area contributed by atoms with Gasteiger partial charge in [0.2, 0.25) is 0 Å². The summed E-state index contributed by atoms with van der Waals surface area (Å²) >= 11 is 0. The van der Waals surface area contributed by atoms with E-state index in [1.807, 2.05) is 75.4 Å². The van der Waals surface area contributed by atoms with Gasteiger partial charge in [-0.05, 0) is 57.2 Å². The Labute approximate surface area is 209 Å². The number of aryl methyl sites for hydroxylation is 1. The zero-order chi connectivity index (χ0) is 25.5. The number of carbonyl (C=O) groups is 1. The lowest BCUT2D eigenvalue weighted by atomic mass is 10.1. The Hall–Kier alpha value is -4.55. The molecule has 0 aliphatic rings. The third-order valence-corrected chi connectivity index (χ3v) is 5.28. The van der Waals surface area contributed by atoms with E-state index in [9.17, 15) is 10.1 Å². The first-order chi connectivity index (χ1) is 17.4. The molecule has 184 valence electrons. The van der Waals surface area contributed by atoms with Crippen molar-refractivity contribution >= 4 is 28.7 Å². The van der Waals surface area contributed by atoms with Crippen LogP contribution in [0.15, 0.2) is 67.0 Å². The van der Waals surface area contributed by atoms with Gasteiger partial charge >= 0.3 is 6.09 Å². The average Bonchev–Trinajstić information content (AvgIpc) is 3.19. The van der Waals surface area contributed by atoms with E-state index in [4.69, 9.17) is 14.2 Å². The predicted molar refractivity (Wildman–Crippen MR) is 137 cm³/mol. The van der Waals surface area contributed by atoms with E-state index >= 15 is 0 Å². The summed E-state index contributed by atoms with van der Waals surface area (Å²) in [6.07, 6.45) is 2.63. The third kappa shape index (κ3) is 5.92. The second-order valence-electron chi connectivity index (χ2n) is 8.25. The van der Waals surface area contributed by atoms with Gasteiger partial charge in [-0.1, -0.05) is 18.2 Å². The molecule has 0 radical (unpaired) electrons. The van der Waals surface area contributed by atoms with Gasteiger partial charge in [-0.15, -0.1) is 0 Å². The SMILES string of the molecule is Cc1c(NC(=O)OCCOC(C)C)cn2ncc(C#N)c(Nc3ccc(Oc4ccccc4)cc3)c12. The van der Waals surface area contributed by atoms with Gasteiger partial charge < -0.3 is 19.5 Å². The molecule has 9 nitrogen and oxygen atoms in total. The summed E-state index contributed by atoms with van der Waals surface area (Å²) in [7, 11) is 0. The molecule has 2 N–H and O–H groups in total. The van der Waals surface area contributed by atoms with Gasteiger partial charge in [-0.2, -0.15) is 10.4 Å². The zero-order valence-electron chi connectivity index (χ0n) is 20.3. The van der Waals surface area contributed by atoms with E-state index in [-0.39, 0.29) is 12.7 Å². The van der Waals surface area contributed by atoms with Crippen molar-refractivity contribution in [2.75, 3.05) is 23.8 Å². The van der Waals surface area contributed by atoms with Crippen LogP contribution >= 0.6 is 0 Å².